The van der Waals surface area contributed by atoms with Crippen molar-refractivity contribution in [2.24, 2.45) is 5.92 Å². The molecule has 2 unspecified atom stereocenters. The van der Waals surface area contributed by atoms with Crippen molar-refractivity contribution < 1.29 is 27.8 Å². The van der Waals surface area contributed by atoms with Crippen molar-refractivity contribution in [2.75, 3.05) is 13.7 Å². The summed E-state index contributed by atoms with van der Waals surface area (Å²) in [6, 6.07) is 4.43. The number of carbonyl (C=O) groups is 1. The molecule has 1 fully saturated rings. The van der Waals surface area contributed by atoms with Gasteiger partial charge in [-0.25, -0.2) is 8.42 Å². The molecule has 0 aliphatic carbocycles. The monoisotopic (exact) mass is 386 g/mol. The zero-order valence-electron chi connectivity index (χ0n) is 15.1. The molecule has 2 rings (SSSR count). The van der Waals surface area contributed by atoms with Gasteiger partial charge in [-0.3, -0.25) is 4.79 Å². The second-order valence-corrected chi connectivity index (χ2v) is 8.36. The summed E-state index contributed by atoms with van der Waals surface area (Å²) in [5, 5.41) is 12.3. The van der Waals surface area contributed by atoms with Gasteiger partial charge in [0.2, 0.25) is 15.9 Å². The smallest absolute Gasteiger partial charge is 0.241 e. The molecule has 0 bridgehead atoms. The highest BCUT2D eigenvalue weighted by atomic mass is 32.2. The van der Waals surface area contributed by atoms with Crippen LogP contribution in [0.25, 0.3) is 0 Å². The number of aliphatic hydroxyl groups is 1. The first-order valence-corrected chi connectivity index (χ1v) is 9.97. The minimum absolute atomic E-state index is 0.0455. The van der Waals surface area contributed by atoms with Crippen molar-refractivity contribution in [1.82, 2.24) is 10.0 Å². The molecule has 3 atom stereocenters. The predicted octanol–water partition coefficient (Wildman–Crippen LogP) is 0.612. The first kappa shape index (κ1) is 20.6. The standard InChI is InChI=1S/C17H26N2O6S/c1-11(2)10-15(16(20)18-14-8-9-25-17(14)21)19-26(22,23)13-6-4-12(24-3)5-7-13/h4-7,11,14-15,17,19,21H,8-10H2,1-3H3,(H,18,20)/t14-,15?,17?/m0/s1. The highest BCUT2D eigenvalue weighted by Gasteiger charge is 2.32. The molecule has 1 aromatic rings. The Labute approximate surface area is 153 Å². The van der Waals surface area contributed by atoms with E-state index in [4.69, 9.17) is 9.47 Å². The summed E-state index contributed by atoms with van der Waals surface area (Å²) >= 11 is 0. The van der Waals surface area contributed by atoms with E-state index < -0.39 is 34.3 Å². The minimum atomic E-state index is -3.88. The van der Waals surface area contributed by atoms with Gasteiger partial charge in [0.1, 0.15) is 11.8 Å². The van der Waals surface area contributed by atoms with Crippen LogP contribution in [0.15, 0.2) is 29.2 Å². The molecular formula is C17H26N2O6S. The highest BCUT2D eigenvalue weighted by Crippen LogP contribution is 2.17. The Kier molecular flexibility index (Phi) is 6.99. The molecule has 1 aliphatic rings. The fraction of sp³-hybridized carbons (Fsp3) is 0.588. The maximum absolute atomic E-state index is 12.6. The summed E-state index contributed by atoms with van der Waals surface area (Å²) in [5.41, 5.74) is 0. The zero-order valence-corrected chi connectivity index (χ0v) is 16.0. The van der Waals surface area contributed by atoms with E-state index in [0.29, 0.717) is 25.2 Å². The first-order chi connectivity index (χ1) is 12.2. The maximum Gasteiger partial charge on any atom is 0.241 e. The Balaban J connectivity index is 2.13. The summed E-state index contributed by atoms with van der Waals surface area (Å²) in [5.74, 6) is 0.148. The molecule has 0 aromatic heterocycles. The quantitative estimate of drug-likeness (QED) is 0.603. The number of rotatable bonds is 8. The van der Waals surface area contributed by atoms with Gasteiger partial charge in [-0.05, 0) is 43.0 Å². The van der Waals surface area contributed by atoms with Crippen LogP contribution in [0.2, 0.25) is 0 Å². The average molecular weight is 386 g/mol. The molecule has 1 aliphatic heterocycles. The Morgan fingerprint density at radius 1 is 1.35 bits per heavy atom. The fourth-order valence-electron chi connectivity index (χ4n) is 2.69. The molecule has 0 saturated carbocycles. The van der Waals surface area contributed by atoms with Gasteiger partial charge in [0.25, 0.3) is 0 Å². The van der Waals surface area contributed by atoms with Crippen molar-refractivity contribution in [3.05, 3.63) is 24.3 Å². The van der Waals surface area contributed by atoms with Crippen LogP contribution in [-0.2, 0) is 19.6 Å². The summed E-state index contributed by atoms with van der Waals surface area (Å²) in [4.78, 5) is 12.6. The molecule has 0 radical (unpaired) electrons. The molecule has 0 spiro atoms. The number of hydrogen-bond acceptors (Lipinski definition) is 6. The van der Waals surface area contributed by atoms with Gasteiger partial charge in [-0.1, -0.05) is 13.8 Å². The van der Waals surface area contributed by atoms with Gasteiger partial charge in [0.05, 0.1) is 24.7 Å². The third-order valence-corrected chi connectivity index (χ3v) is 5.57. The zero-order chi connectivity index (χ0) is 19.3. The molecular weight excluding hydrogens is 360 g/mol. The molecule has 26 heavy (non-hydrogen) atoms. The van der Waals surface area contributed by atoms with Crippen molar-refractivity contribution >= 4 is 15.9 Å². The largest absolute Gasteiger partial charge is 0.497 e. The van der Waals surface area contributed by atoms with Gasteiger partial charge in [-0.15, -0.1) is 0 Å². The van der Waals surface area contributed by atoms with Gasteiger partial charge in [0.15, 0.2) is 6.29 Å². The molecule has 1 saturated heterocycles. The third-order valence-electron chi connectivity index (χ3n) is 4.08. The van der Waals surface area contributed by atoms with E-state index in [2.05, 4.69) is 10.0 Å². The lowest BCUT2D eigenvalue weighted by molar-refractivity contribution is -0.127. The number of ether oxygens (including phenoxy) is 2. The summed E-state index contributed by atoms with van der Waals surface area (Å²) in [6.45, 7) is 4.14. The minimum Gasteiger partial charge on any atom is -0.497 e. The van der Waals surface area contributed by atoms with Gasteiger partial charge in [0, 0.05) is 0 Å². The molecule has 146 valence electrons. The van der Waals surface area contributed by atoms with Crippen LogP contribution in [0.4, 0.5) is 0 Å². The van der Waals surface area contributed by atoms with Gasteiger partial charge < -0.3 is 19.9 Å². The van der Waals surface area contributed by atoms with Gasteiger partial charge >= 0.3 is 0 Å². The third kappa shape index (κ3) is 5.41. The second kappa shape index (κ2) is 8.81. The molecule has 1 amide bonds. The number of carbonyl (C=O) groups excluding carboxylic acids is 1. The van der Waals surface area contributed by atoms with Gasteiger partial charge in [-0.2, -0.15) is 4.72 Å². The van der Waals surface area contributed by atoms with E-state index in [0.717, 1.165) is 0 Å². The van der Waals surface area contributed by atoms with Crippen LogP contribution >= 0.6 is 0 Å². The number of sulfonamides is 1. The van der Waals surface area contributed by atoms with E-state index >= 15 is 0 Å². The maximum atomic E-state index is 12.6. The Bertz CT molecular complexity index is 704. The Morgan fingerprint density at radius 2 is 2.00 bits per heavy atom. The first-order valence-electron chi connectivity index (χ1n) is 8.49. The van der Waals surface area contributed by atoms with Crippen LogP contribution in [0.3, 0.4) is 0 Å². The SMILES string of the molecule is COc1ccc(S(=O)(=O)NC(CC(C)C)C(=O)N[C@H]2CCOC2O)cc1. The average Bonchev–Trinajstić information content (AvgIpc) is 2.98. The van der Waals surface area contributed by atoms with E-state index in [1.54, 1.807) is 0 Å². The molecule has 8 nitrogen and oxygen atoms in total. The van der Waals surface area contributed by atoms with E-state index in [9.17, 15) is 18.3 Å². The lowest BCUT2D eigenvalue weighted by atomic mass is 10.0. The number of hydrogen-bond donors (Lipinski definition) is 3. The Hall–Kier alpha value is -1.68. The summed E-state index contributed by atoms with van der Waals surface area (Å²) in [6.07, 6.45) is -0.269. The number of nitrogens with one attached hydrogen (secondary N) is 2. The van der Waals surface area contributed by atoms with Crippen molar-refractivity contribution in [2.45, 2.75) is 50.0 Å². The van der Waals surface area contributed by atoms with E-state index in [1.165, 1.54) is 31.4 Å². The highest BCUT2D eigenvalue weighted by molar-refractivity contribution is 7.89. The lowest BCUT2D eigenvalue weighted by Gasteiger charge is -2.23. The van der Waals surface area contributed by atoms with Crippen LogP contribution in [-0.4, -0.2) is 51.5 Å². The van der Waals surface area contributed by atoms with Crippen LogP contribution < -0.4 is 14.8 Å². The van der Waals surface area contributed by atoms with Crippen LogP contribution in [0, 0.1) is 5.92 Å². The second-order valence-electron chi connectivity index (χ2n) is 6.64. The number of benzene rings is 1. The normalized spacial score (nSPS) is 21.6. The van der Waals surface area contributed by atoms with Crippen molar-refractivity contribution in [3.8, 4) is 5.75 Å². The molecule has 1 aromatic carbocycles. The molecule has 1 heterocycles. The van der Waals surface area contributed by atoms with Crippen molar-refractivity contribution in [1.29, 1.82) is 0 Å². The molecule has 9 heteroatoms. The van der Waals surface area contributed by atoms with Crippen LogP contribution in [0.5, 0.6) is 5.75 Å². The predicted molar refractivity (Wildman–Crippen MR) is 95.1 cm³/mol. The van der Waals surface area contributed by atoms with E-state index in [-0.39, 0.29) is 10.8 Å². The van der Waals surface area contributed by atoms with E-state index in [1.807, 2.05) is 13.8 Å². The number of methoxy groups -OCH3 is 1. The number of amides is 1. The summed E-state index contributed by atoms with van der Waals surface area (Å²) < 4.78 is 37.7. The van der Waals surface area contributed by atoms with Crippen molar-refractivity contribution in [3.63, 3.8) is 0 Å². The Morgan fingerprint density at radius 3 is 2.50 bits per heavy atom. The lowest BCUT2D eigenvalue weighted by Crippen LogP contribution is -2.51. The van der Waals surface area contributed by atoms with Crippen LogP contribution in [0.1, 0.15) is 26.7 Å². The summed E-state index contributed by atoms with van der Waals surface area (Å²) in [7, 11) is -2.39. The number of aliphatic hydroxyl groups excluding tert-OH is 1. The fourth-order valence-corrected chi connectivity index (χ4v) is 3.90. The topological polar surface area (TPSA) is 114 Å². The molecule has 3 N–H and O–H groups in total.